The first kappa shape index (κ1) is 11.9. The highest BCUT2D eigenvalue weighted by molar-refractivity contribution is 5.78. The van der Waals surface area contributed by atoms with Gasteiger partial charge < -0.3 is 10.3 Å². The van der Waals surface area contributed by atoms with Crippen LogP contribution in [0.1, 0.15) is 11.3 Å². The molecular formula is C16H17N3. The summed E-state index contributed by atoms with van der Waals surface area (Å²) in [6.07, 6.45) is 4.86. The molecule has 0 saturated carbocycles. The molecule has 0 aliphatic heterocycles. The summed E-state index contributed by atoms with van der Waals surface area (Å²) in [4.78, 5) is 4.34. The molecule has 0 spiro atoms. The minimum atomic E-state index is 0.686. The van der Waals surface area contributed by atoms with E-state index in [-0.39, 0.29) is 0 Å². The number of aromatic nitrogens is 2. The molecule has 1 aromatic carbocycles. The van der Waals surface area contributed by atoms with Crippen LogP contribution in [0.3, 0.4) is 0 Å². The molecule has 3 heteroatoms. The summed E-state index contributed by atoms with van der Waals surface area (Å²) >= 11 is 0. The average molecular weight is 251 g/mol. The average Bonchev–Trinajstić information content (AvgIpc) is 2.86. The van der Waals surface area contributed by atoms with Crippen molar-refractivity contribution in [1.82, 2.24) is 9.55 Å². The minimum absolute atomic E-state index is 0.686. The number of benzene rings is 1. The number of nitrogens with zero attached hydrogens (tertiary/aromatic N) is 2. The summed E-state index contributed by atoms with van der Waals surface area (Å²) in [5.74, 6) is 0. The molecule has 0 fully saturated rings. The summed E-state index contributed by atoms with van der Waals surface area (Å²) in [5, 5.41) is 1.19. The molecule has 0 unspecified atom stereocenters. The molecule has 0 saturated heterocycles. The first-order chi connectivity index (χ1) is 9.36. The van der Waals surface area contributed by atoms with E-state index in [2.05, 4.69) is 52.1 Å². The van der Waals surface area contributed by atoms with Gasteiger partial charge in [-0.2, -0.15) is 0 Å². The van der Waals surface area contributed by atoms with Crippen molar-refractivity contribution in [1.29, 1.82) is 0 Å². The first-order valence-electron chi connectivity index (χ1n) is 6.54. The van der Waals surface area contributed by atoms with Crippen LogP contribution in [0.4, 0.5) is 0 Å². The normalized spacial score (nSPS) is 11.0. The highest BCUT2D eigenvalue weighted by atomic mass is 15.0. The molecule has 0 aliphatic rings. The summed E-state index contributed by atoms with van der Waals surface area (Å²) in [6, 6.07) is 14.7. The maximum Gasteiger partial charge on any atom is 0.0702 e. The van der Waals surface area contributed by atoms with Crippen molar-refractivity contribution < 1.29 is 0 Å². The number of hydrogen-bond donors (Lipinski definition) is 1. The van der Waals surface area contributed by atoms with Crippen LogP contribution in [0.15, 0.2) is 54.9 Å². The third-order valence-electron chi connectivity index (χ3n) is 3.34. The second-order valence-electron chi connectivity index (χ2n) is 4.70. The lowest BCUT2D eigenvalue weighted by Crippen LogP contribution is -2.09. The van der Waals surface area contributed by atoms with Gasteiger partial charge in [0.2, 0.25) is 0 Å². The van der Waals surface area contributed by atoms with Crippen molar-refractivity contribution in [2.24, 2.45) is 5.73 Å². The van der Waals surface area contributed by atoms with Gasteiger partial charge in [-0.1, -0.05) is 12.1 Å². The first-order valence-corrected chi connectivity index (χ1v) is 6.54. The van der Waals surface area contributed by atoms with Crippen LogP contribution >= 0.6 is 0 Å². The largest absolute Gasteiger partial charge is 0.347 e. The molecule has 19 heavy (non-hydrogen) atoms. The Morgan fingerprint density at radius 2 is 2.05 bits per heavy atom. The fraction of sp³-hybridized carbons (Fsp3) is 0.188. The third kappa shape index (κ3) is 2.51. The highest BCUT2D eigenvalue weighted by Gasteiger charge is 2.02. The van der Waals surface area contributed by atoms with Gasteiger partial charge in [0, 0.05) is 30.0 Å². The van der Waals surface area contributed by atoms with Crippen molar-refractivity contribution >= 4 is 10.9 Å². The molecule has 0 aliphatic carbocycles. The molecule has 0 atom stereocenters. The number of rotatable bonds is 4. The maximum atomic E-state index is 5.63. The van der Waals surface area contributed by atoms with Crippen LogP contribution in [0.25, 0.3) is 10.9 Å². The lowest BCUT2D eigenvalue weighted by molar-refractivity contribution is 0.737. The van der Waals surface area contributed by atoms with Gasteiger partial charge in [-0.05, 0) is 48.9 Å². The van der Waals surface area contributed by atoms with Crippen molar-refractivity contribution in [3.63, 3.8) is 0 Å². The molecular weight excluding hydrogens is 234 g/mol. The third-order valence-corrected chi connectivity index (χ3v) is 3.34. The van der Waals surface area contributed by atoms with E-state index in [1.165, 1.54) is 16.6 Å². The van der Waals surface area contributed by atoms with E-state index in [1.54, 1.807) is 0 Å². The van der Waals surface area contributed by atoms with Crippen molar-refractivity contribution in [3.05, 3.63) is 66.1 Å². The zero-order chi connectivity index (χ0) is 13.1. The monoisotopic (exact) mass is 251 g/mol. The van der Waals surface area contributed by atoms with Crippen LogP contribution in [-0.2, 0) is 13.0 Å². The van der Waals surface area contributed by atoms with E-state index in [1.807, 2.05) is 12.3 Å². The fourth-order valence-electron chi connectivity index (χ4n) is 2.40. The van der Waals surface area contributed by atoms with Crippen molar-refractivity contribution in [2.45, 2.75) is 13.0 Å². The smallest absolute Gasteiger partial charge is 0.0702 e. The summed E-state index contributed by atoms with van der Waals surface area (Å²) in [7, 11) is 0. The quantitative estimate of drug-likeness (QED) is 0.774. The maximum absolute atomic E-state index is 5.63. The Kier molecular flexibility index (Phi) is 3.29. The molecule has 2 aromatic heterocycles. The summed E-state index contributed by atoms with van der Waals surface area (Å²) < 4.78 is 2.25. The van der Waals surface area contributed by atoms with Gasteiger partial charge in [-0.25, -0.2) is 0 Å². The zero-order valence-corrected chi connectivity index (χ0v) is 10.8. The molecule has 96 valence electrons. The van der Waals surface area contributed by atoms with E-state index in [9.17, 15) is 0 Å². The van der Waals surface area contributed by atoms with Crippen LogP contribution in [0, 0.1) is 0 Å². The van der Waals surface area contributed by atoms with Crippen LogP contribution in [-0.4, -0.2) is 16.1 Å². The van der Waals surface area contributed by atoms with Crippen molar-refractivity contribution in [3.8, 4) is 0 Å². The molecule has 0 radical (unpaired) electrons. The summed E-state index contributed by atoms with van der Waals surface area (Å²) in [5.41, 5.74) is 9.25. The number of hydrogen-bond acceptors (Lipinski definition) is 2. The lowest BCUT2D eigenvalue weighted by atomic mass is 10.1. The summed E-state index contributed by atoms with van der Waals surface area (Å²) in [6.45, 7) is 1.57. The van der Waals surface area contributed by atoms with E-state index < -0.39 is 0 Å². The number of nitrogens with two attached hydrogens (primary N) is 1. The molecule has 0 amide bonds. The van der Waals surface area contributed by atoms with Crippen LogP contribution in [0.2, 0.25) is 0 Å². The molecule has 3 rings (SSSR count). The standard InChI is InChI=1S/C16H17N3/c17-8-7-15-4-2-10-19(15)12-13-5-6-16-14(11-13)3-1-9-18-16/h1-6,9-11H,7-8,12,17H2. The highest BCUT2D eigenvalue weighted by Crippen LogP contribution is 2.15. The minimum Gasteiger partial charge on any atom is -0.347 e. The van der Waals surface area contributed by atoms with Crippen molar-refractivity contribution in [2.75, 3.05) is 6.54 Å². The second-order valence-corrected chi connectivity index (χ2v) is 4.70. The Hall–Kier alpha value is -2.13. The topological polar surface area (TPSA) is 43.8 Å². The fourth-order valence-corrected chi connectivity index (χ4v) is 2.40. The predicted octanol–water partition coefficient (Wildman–Crippen LogP) is 2.59. The van der Waals surface area contributed by atoms with Gasteiger partial charge in [0.25, 0.3) is 0 Å². The van der Waals surface area contributed by atoms with E-state index in [0.717, 1.165) is 18.5 Å². The SMILES string of the molecule is NCCc1cccn1Cc1ccc2ncccc2c1. The van der Waals surface area contributed by atoms with Gasteiger partial charge in [-0.15, -0.1) is 0 Å². The molecule has 0 bridgehead atoms. The number of fused-ring (bicyclic) bond motifs is 1. The van der Waals surface area contributed by atoms with Gasteiger partial charge in [-0.3, -0.25) is 4.98 Å². The lowest BCUT2D eigenvalue weighted by Gasteiger charge is -2.09. The van der Waals surface area contributed by atoms with Crippen LogP contribution in [0.5, 0.6) is 0 Å². The Morgan fingerprint density at radius 3 is 2.95 bits per heavy atom. The van der Waals surface area contributed by atoms with E-state index >= 15 is 0 Å². The number of pyridine rings is 1. The van der Waals surface area contributed by atoms with E-state index in [0.29, 0.717) is 6.54 Å². The van der Waals surface area contributed by atoms with Gasteiger partial charge in [0.15, 0.2) is 0 Å². The van der Waals surface area contributed by atoms with E-state index in [4.69, 9.17) is 5.73 Å². The zero-order valence-electron chi connectivity index (χ0n) is 10.8. The molecule has 2 N–H and O–H groups in total. The Labute approximate surface area is 112 Å². The van der Waals surface area contributed by atoms with Gasteiger partial charge >= 0.3 is 0 Å². The van der Waals surface area contributed by atoms with Crippen LogP contribution < -0.4 is 5.73 Å². The Morgan fingerprint density at radius 1 is 1.11 bits per heavy atom. The molecule has 3 aromatic rings. The second kappa shape index (κ2) is 5.24. The molecule has 3 nitrogen and oxygen atoms in total. The molecule has 2 heterocycles. The Bertz CT molecular complexity index is 685. The Balaban J connectivity index is 1.90. The van der Waals surface area contributed by atoms with Gasteiger partial charge in [0.05, 0.1) is 5.52 Å². The van der Waals surface area contributed by atoms with Gasteiger partial charge in [0.1, 0.15) is 0 Å². The predicted molar refractivity (Wildman–Crippen MR) is 78.0 cm³/mol.